The highest BCUT2D eigenvalue weighted by Crippen LogP contribution is 2.36. The minimum Gasteiger partial charge on any atom is -0.481 e. The summed E-state index contributed by atoms with van der Waals surface area (Å²) in [6.45, 7) is 0. The molecule has 0 saturated heterocycles. The molecule has 1 heterocycles. The van der Waals surface area contributed by atoms with Crippen LogP contribution in [0.2, 0.25) is 5.02 Å². The molecule has 9 heteroatoms. The molecule has 0 saturated carbocycles. The summed E-state index contributed by atoms with van der Waals surface area (Å²) in [5.74, 6) is -2.57. The van der Waals surface area contributed by atoms with Crippen molar-refractivity contribution in [2.24, 2.45) is 5.73 Å². The summed E-state index contributed by atoms with van der Waals surface area (Å²) in [7, 11) is 0. The van der Waals surface area contributed by atoms with Gasteiger partial charge in [0.1, 0.15) is 5.82 Å². The van der Waals surface area contributed by atoms with Crippen molar-refractivity contribution in [2.75, 3.05) is 0 Å². The minimum atomic E-state index is -4.81. The Balaban J connectivity index is 2.66. The first-order chi connectivity index (χ1) is 11.0. The first kappa shape index (κ1) is 18.2. The molecule has 0 spiro atoms. The van der Waals surface area contributed by atoms with Crippen LogP contribution in [0, 0.1) is 5.82 Å². The maximum atomic E-state index is 13.7. The molecule has 1 aromatic heterocycles. The third kappa shape index (κ3) is 3.82. The molecule has 128 valence electrons. The van der Waals surface area contributed by atoms with Crippen LogP contribution in [0.4, 0.5) is 17.6 Å². The normalized spacial score (nSPS) is 14.2. The van der Waals surface area contributed by atoms with E-state index in [1.165, 1.54) is 18.3 Å². The second-order valence-electron chi connectivity index (χ2n) is 5.13. The fourth-order valence-corrected chi connectivity index (χ4v) is 2.34. The van der Waals surface area contributed by atoms with Crippen molar-refractivity contribution in [3.63, 3.8) is 0 Å². The number of hydrogen-bond donors (Lipinski definition) is 2. The Kier molecular flexibility index (Phi) is 4.82. The van der Waals surface area contributed by atoms with E-state index in [1.807, 2.05) is 0 Å². The van der Waals surface area contributed by atoms with Crippen molar-refractivity contribution in [3.8, 4) is 0 Å². The molecular weight excluding hydrogens is 352 g/mol. The Morgan fingerprint density at radius 2 is 1.83 bits per heavy atom. The van der Waals surface area contributed by atoms with Crippen LogP contribution in [0.15, 0.2) is 36.5 Å². The maximum absolute atomic E-state index is 13.7. The van der Waals surface area contributed by atoms with Gasteiger partial charge in [-0.1, -0.05) is 11.6 Å². The molecule has 0 amide bonds. The van der Waals surface area contributed by atoms with Crippen molar-refractivity contribution >= 4 is 17.6 Å². The molecule has 0 bridgehead atoms. The van der Waals surface area contributed by atoms with E-state index >= 15 is 0 Å². The molecule has 0 aliphatic carbocycles. The molecular formula is C15H11ClF4N2O2. The molecule has 0 aliphatic rings. The molecule has 2 rings (SSSR count). The van der Waals surface area contributed by atoms with E-state index in [-0.39, 0.29) is 16.3 Å². The number of nitrogens with zero attached hydrogens (tertiary/aromatic N) is 1. The summed E-state index contributed by atoms with van der Waals surface area (Å²) in [6, 6.07) is 4.32. The second-order valence-corrected chi connectivity index (χ2v) is 5.57. The zero-order valence-corrected chi connectivity index (χ0v) is 12.7. The lowest BCUT2D eigenvalue weighted by Gasteiger charge is -2.28. The number of nitrogens with two attached hydrogens (primary N) is 1. The predicted molar refractivity (Wildman–Crippen MR) is 77.9 cm³/mol. The number of carbonyl (C=O) groups is 1. The summed E-state index contributed by atoms with van der Waals surface area (Å²) >= 11 is 5.70. The molecule has 24 heavy (non-hydrogen) atoms. The Morgan fingerprint density at radius 1 is 1.21 bits per heavy atom. The highest BCUT2D eigenvalue weighted by Gasteiger charge is 2.38. The Labute approximate surface area is 138 Å². The van der Waals surface area contributed by atoms with Gasteiger partial charge in [0.05, 0.1) is 28.2 Å². The maximum Gasteiger partial charge on any atom is 0.416 e. The average molecular weight is 363 g/mol. The number of alkyl halides is 3. The Bertz CT molecular complexity index is 765. The first-order valence-electron chi connectivity index (χ1n) is 6.53. The van der Waals surface area contributed by atoms with Crippen molar-refractivity contribution in [1.82, 2.24) is 4.98 Å². The highest BCUT2D eigenvalue weighted by molar-refractivity contribution is 6.30. The zero-order chi connectivity index (χ0) is 18.1. The van der Waals surface area contributed by atoms with Gasteiger partial charge in [-0.25, -0.2) is 4.39 Å². The SMILES string of the molecule is N[C@@](CC(=O)O)(c1cc(F)cc(C(F)(F)F)c1)c1ccc(Cl)cn1. The standard InChI is InChI=1S/C15H11ClF4N2O2/c16-10-1-2-12(22-7-10)14(21,6-13(23)24)8-3-9(15(18,19)20)5-11(17)4-8/h1-5,7H,6,21H2,(H,23,24)/t14-/m0/s1. The topological polar surface area (TPSA) is 76.2 Å². The van der Waals surface area contributed by atoms with Crippen LogP contribution in [-0.4, -0.2) is 16.1 Å². The molecule has 0 aliphatic heterocycles. The van der Waals surface area contributed by atoms with Crippen LogP contribution >= 0.6 is 11.6 Å². The number of aliphatic carboxylic acids is 1. The van der Waals surface area contributed by atoms with Crippen molar-refractivity contribution in [3.05, 3.63) is 64.2 Å². The van der Waals surface area contributed by atoms with Crippen molar-refractivity contribution in [2.45, 2.75) is 18.1 Å². The van der Waals surface area contributed by atoms with Gasteiger partial charge in [0.2, 0.25) is 0 Å². The molecule has 0 fully saturated rings. The fraction of sp³-hybridized carbons (Fsp3) is 0.200. The monoisotopic (exact) mass is 362 g/mol. The van der Waals surface area contributed by atoms with Crippen LogP contribution < -0.4 is 5.73 Å². The van der Waals surface area contributed by atoms with Crippen LogP contribution in [0.5, 0.6) is 0 Å². The van der Waals surface area contributed by atoms with Gasteiger partial charge in [-0.3, -0.25) is 9.78 Å². The second kappa shape index (κ2) is 6.37. The van der Waals surface area contributed by atoms with Gasteiger partial charge in [-0.15, -0.1) is 0 Å². The van der Waals surface area contributed by atoms with E-state index in [2.05, 4.69) is 4.98 Å². The van der Waals surface area contributed by atoms with Gasteiger partial charge in [-0.05, 0) is 35.9 Å². The highest BCUT2D eigenvalue weighted by atomic mass is 35.5. The summed E-state index contributed by atoms with van der Waals surface area (Å²) in [6.07, 6.45) is -4.43. The lowest BCUT2D eigenvalue weighted by Crippen LogP contribution is -2.41. The van der Waals surface area contributed by atoms with Gasteiger partial charge >= 0.3 is 12.1 Å². The molecule has 4 nitrogen and oxygen atoms in total. The lowest BCUT2D eigenvalue weighted by atomic mass is 9.83. The summed E-state index contributed by atoms with van der Waals surface area (Å²) in [5, 5.41) is 9.30. The Hall–Kier alpha value is -2.19. The minimum absolute atomic E-state index is 0.0481. The zero-order valence-electron chi connectivity index (χ0n) is 11.9. The van der Waals surface area contributed by atoms with E-state index < -0.39 is 35.5 Å². The molecule has 1 aromatic carbocycles. The molecule has 0 radical (unpaired) electrons. The van der Waals surface area contributed by atoms with E-state index in [0.29, 0.717) is 12.1 Å². The summed E-state index contributed by atoms with van der Waals surface area (Å²) < 4.78 is 52.4. The van der Waals surface area contributed by atoms with E-state index in [9.17, 15) is 22.4 Å². The lowest BCUT2D eigenvalue weighted by molar-refractivity contribution is -0.138. The van der Waals surface area contributed by atoms with Crippen molar-refractivity contribution in [1.29, 1.82) is 0 Å². The van der Waals surface area contributed by atoms with Gasteiger partial charge in [0, 0.05) is 6.20 Å². The van der Waals surface area contributed by atoms with Gasteiger partial charge in [0.25, 0.3) is 0 Å². The number of benzene rings is 1. The molecule has 1 atom stereocenters. The number of carboxylic acids is 1. The Morgan fingerprint density at radius 3 is 2.33 bits per heavy atom. The van der Waals surface area contributed by atoms with Crippen LogP contribution in [-0.2, 0) is 16.5 Å². The number of hydrogen-bond acceptors (Lipinski definition) is 3. The molecule has 0 unspecified atom stereocenters. The number of rotatable bonds is 4. The van der Waals surface area contributed by atoms with Crippen LogP contribution in [0.25, 0.3) is 0 Å². The third-order valence-electron chi connectivity index (χ3n) is 3.35. The number of carboxylic acid groups (broad SMARTS) is 1. The quantitative estimate of drug-likeness (QED) is 0.815. The summed E-state index contributed by atoms with van der Waals surface area (Å²) in [4.78, 5) is 15.0. The van der Waals surface area contributed by atoms with E-state index in [0.717, 1.165) is 6.07 Å². The molecule has 2 aromatic rings. The number of pyridine rings is 1. The van der Waals surface area contributed by atoms with Crippen LogP contribution in [0.1, 0.15) is 23.2 Å². The van der Waals surface area contributed by atoms with Crippen LogP contribution in [0.3, 0.4) is 0 Å². The third-order valence-corrected chi connectivity index (χ3v) is 3.58. The van der Waals surface area contributed by atoms with Crippen molar-refractivity contribution < 1.29 is 27.5 Å². The largest absolute Gasteiger partial charge is 0.481 e. The smallest absolute Gasteiger partial charge is 0.416 e. The molecule has 3 N–H and O–H groups in total. The van der Waals surface area contributed by atoms with E-state index in [1.54, 1.807) is 0 Å². The summed E-state index contributed by atoms with van der Waals surface area (Å²) in [5.41, 5.74) is 2.42. The van der Waals surface area contributed by atoms with Gasteiger partial charge in [0.15, 0.2) is 0 Å². The average Bonchev–Trinajstić information content (AvgIpc) is 2.45. The first-order valence-corrected chi connectivity index (χ1v) is 6.91. The van der Waals surface area contributed by atoms with Gasteiger partial charge in [-0.2, -0.15) is 13.2 Å². The number of halogens is 5. The van der Waals surface area contributed by atoms with Gasteiger partial charge < -0.3 is 10.8 Å². The predicted octanol–water partition coefficient (Wildman–Crippen LogP) is 3.57. The van der Waals surface area contributed by atoms with E-state index in [4.69, 9.17) is 22.4 Å². The number of aromatic nitrogens is 1. The fourth-order valence-electron chi connectivity index (χ4n) is 2.23.